The van der Waals surface area contributed by atoms with E-state index in [1.807, 2.05) is 29.6 Å². The zero-order chi connectivity index (χ0) is 18.0. The van der Waals surface area contributed by atoms with Crippen molar-refractivity contribution in [2.75, 3.05) is 31.1 Å². The van der Waals surface area contributed by atoms with E-state index in [9.17, 15) is 4.79 Å². The molecule has 1 aliphatic rings. The summed E-state index contributed by atoms with van der Waals surface area (Å²) < 4.78 is 1.95. The third-order valence-electron chi connectivity index (χ3n) is 4.91. The van der Waals surface area contributed by atoms with Gasteiger partial charge in [-0.3, -0.25) is 4.79 Å². The van der Waals surface area contributed by atoms with Gasteiger partial charge in [-0.1, -0.05) is 23.9 Å². The van der Waals surface area contributed by atoms with Crippen LogP contribution in [0.25, 0.3) is 0 Å². The number of imidazole rings is 1. The summed E-state index contributed by atoms with van der Waals surface area (Å²) in [7, 11) is 1.95. The minimum Gasteiger partial charge on any atom is -0.368 e. The first-order chi connectivity index (χ1) is 12.0. The van der Waals surface area contributed by atoms with Gasteiger partial charge >= 0.3 is 0 Å². The van der Waals surface area contributed by atoms with Crippen LogP contribution in [0, 0.1) is 13.8 Å². The van der Waals surface area contributed by atoms with Gasteiger partial charge in [-0.05, 0) is 38.0 Å². The van der Waals surface area contributed by atoms with Crippen molar-refractivity contribution in [3.63, 3.8) is 0 Å². The molecule has 1 aliphatic heterocycles. The summed E-state index contributed by atoms with van der Waals surface area (Å²) in [4.78, 5) is 21.4. The summed E-state index contributed by atoms with van der Waals surface area (Å²) >= 11 is 1.53. The molecule has 25 heavy (non-hydrogen) atoms. The molecule has 1 saturated heterocycles. The molecule has 0 radical (unpaired) electrons. The number of piperazine rings is 1. The van der Waals surface area contributed by atoms with Gasteiger partial charge in [-0.15, -0.1) is 0 Å². The summed E-state index contributed by atoms with van der Waals surface area (Å²) in [6, 6.07) is 6.44. The Hall–Kier alpha value is -1.95. The van der Waals surface area contributed by atoms with Gasteiger partial charge in [0.1, 0.15) is 0 Å². The lowest BCUT2D eigenvalue weighted by Gasteiger charge is -2.37. The molecule has 6 heteroatoms. The maximum atomic E-state index is 12.7. The summed E-state index contributed by atoms with van der Waals surface area (Å²) in [5, 5.41) is 0.767. The Morgan fingerprint density at radius 1 is 1.20 bits per heavy atom. The van der Waals surface area contributed by atoms with E-state index < -0.39 is 0 Å². The number of anilines is 1. The average Bonchev–Trinajstić information content (AvgIpc) is 3.01. The van der Waals surface area contributed by atoms with Gasteiger partial charge in [-0.2, -0.15) is 0 Å². The Bertz CT molecular complexity index is 750. The fraction of sp³-hybridized carbons (Fsp3) is 0.474. The topological polar surface area (TPSA) is 41.4 Å². The molecule has 5 nitrogen and oxygen atoms in total. The van der Waals surface area contributed by atoms with Crippen molar-refractivity contribution < 1.29 is 4.79 Å². The minimum absolute atomic E-state index is 0.117. The third kappa shape index (κ3) is 3.84. The Morgan fingerprint density at radius 2 is 1.92 bits per heavy atom. The van der Waals surface area contributed by atoms with E-state index in [2.05, 4.69) is 41.9 Å². The van der Waals surface area contributed by atoms with Gasteiger partial charge < -0.3 is 14.4 Å². The number of carbonyl (C=O) groups is 1. The lowest BCUT2D eigenvalue weighted by molar-refractivity contribution is -0.130. The first-order valence-corrected chi connectivity index (χ1v) is 9.59. The molecule has 0 spiro atoms. The normalized spacial score (nSPS) is 16.2. The number of aryl methyl sites for hydroxylation is 2. The second-order valence-electron chi connectivity index (χ2n) is 6.61. The molecule has 3 rings (SSSR count). The van der Waals surface area contributed by atoms with Crippen LogP contribution in [0.2, 0.25) is 0 Å². The van der Waals surface area contributed by atoms with Crippen LogP contribution in [-0.4, -0.2) is 51.8 Å². The molecule has 0 N–H and O–H groups in total. The van der Waals surface area contributed by atoms with Crippen LogP contribution in [0.4, 0.5) is 5.69 Å². The highest BCUT2D eigenvalue weighted by Gasteiger charge is 2.26. The van der Waals surface area contributed by atoms with E-state index in [0.29, 0.717) is 0 Å². The SMILES string of the molecule is Cc1cccc(N2CCN(C(=O)C(C)Sc3nccn3C)CC2)c1C. The number of amides is 1. The van der Waals surface area contributed by atoms with Crippen LogP contribution in [0.15, 0.2) is 35.7 Å². The fourth-order valence-electron chi connectivity index (χ4n) is 3.18. The third-order valence-corrected chi connectivity index (χ3v) is 6.07. The standard InChI is InChI=1S/C19H26N4OS/c1-14-6-5-7-17(15(14)2)22-10-12-23(13-11-22)18(24)16(3)25-19-20-8-9-21(19)4/h5-9,16H,10-13H2,1-4H3. The van der Waals surface area contributed by atoms with Gasteiger partial charge in [0.2, 0.25) is 5.91 Å². The highest BCUT2D eigenvalue weighted by molar-refractivity contribution is 8.00. The Kier molecular flexibility index (Phi) is 5.37. The highest BCUT2D eigenvalue weighted by Crippen LogP contribution is 2.26. The van der Waals surface area contributed by atoms with E-state index in [1.165, 1.54) is 28.6 Å². The highest BCUT2D eigenvalue weighted by atomic mass is 32.2. The first kappa shape index (κ1) is 17.9. The van der Waals surface area contributed by atoms with E-state index in [1.54, 1.807) is 6.20 Å². The number of rotatable bonds is 4. The zero-order valence-electron chi connectivity index (χ0n) is 15.4. The molecule has 0 saturated carbocycles. The molecule has 1 unspecified atom stereocenters. The van der Waals surface area contributed by atoms with Gasteiger partial charge in [0, 0.05) is 51.3 Å². The van der Waals surface area contributed by atoms with Gasteiger partial charge in [0.05, 0.1) is 5.25 Å². The van der Waals surface area contributed by atoms with Crippen molar-refractivity contribution in [3.05, 3.63) is 41.7 Å². The largest absolute Gasteiger partial charge is 0.368 e. The number of aromatic nitrogens is 2. The number of thioether (sulfide) groups is 1. The molecule has 2 aromatic rings. The van der Waals surface area contributed by atoms with Gasteiger partial charge in [0.15, 0.2) is 5.16 Å². The fourth-order valence-corrected chi connectivity index (χ4v) is 4.09. The second kappa shape index (κ2) is 7.52. The summed E-state index contributed by atoms with van der Waals surface area (Å²) in [5.74, 6) is 0.202. The lowest BCUT2D eigenvalue weighted by Crippen LogP contribution is -2.50. The maximum Gasteiger partial charge on any atom is 0.236 e. The summed E-state index contributed by atoms with van der Waals surface area (Å²) in [6.45, 7) is 9.61. The molecule has 134 valence electrons. The predicted octanol–water partition coefficient (Wildman–Crippen LogP) is 2.87. The van der Waals surface area contributed by atoms with Crippen LogP contribution in [0.3, 0.4) is 0 Å². The maximum absolute atomic E-state index is 12.7. The molecule has 0 aliphatic carbocycles. The molecule has 0 bridgehead atoms. The Morgan fingerprint density at radius 3 is 2.56 bits per heavy atom. The molecule has 1 aromatic carbocycles. The van der Waals surface area contributed by atoms with Crippen molar-refractivity contribution in [2.24, 2.45) is 7.05 Å². The van der Waals surface area contributed by atoms with Crippen LogP contribution in [0.5, 0.6) is 0 Å². The van der Waals surface area contributed by atoms with Crippen molar-refractivity contribution >= 4 is 23.4 Å². The number of hydrogen-bond donors (Lipinski definition) is 0. The van der Waals surface area contributed by atoms with E-state index in [0.717, 1.165) is 31.3 Å². The van der Waals surface area contributed by atoms with Crippen LogP contribution in [0.1, 0.15) is 18.1 Å². The number of nitrogens with zero attached hydrogens (tertiary/aromatic N) is 4. The van der Waals surface area contributed by atoms with E-state index >= 15 is 0 Å². The zero-order valence-corrected chi connectivity index (χ0v) is 16.2. The molecule has 1 aromatic heterocycles. The van der Waals surface area contributed by atoms with Gasteiger partial charge in [0.25, 0.3) is 0 Å². The van der Waals surface area contributed by atoms with E-state index in [4.69, 9.17) is 0 Å². The molecular formula is C19H26N4OS. The van der Waals surface area contributed by atoms with Crippen molar-refractivity contribution in [1.29, 1.82) is 0 Å². The van der Waals surface area contributed by atoms with Crippen molar-refractivity contribution in [2.45, 2.75) is 31.2 Å². The predicted molar refractivity (Wildman–Crippen MR) is 103 cm³/mol. The minimum atomic E-state index is -0.117. The summed E-state index contributed by atoms with van der Waals surface area (Å²) in [5.41, 5.74) is 3.94. The number of hydrogen-bond acceptors (Lipinski definition) is 4. The van der Waals surface area contributed by atoms with Crippen LogP contribution < -0.4 is 4.90 Å². The monoisotopic (exact) mass is 358 g/mol. The summed E-state index contributed by atoms with van der Waals surface area (Å²) in [6.07, 6.45) is 3.67. The molecular weight excluding hydrogens is 332 g/mol. The van der Waals surface area contributed by atoms with Crippen molar-refractivity contribution in [3.8, 4) is 0 Å². The second-order valence-corrected chi connectivity index (χ2v) is 7.92. The Labute approximate surface area is 154 Å². The lowest BCUT2D eigenvalue weighted by atomic mass is 10.1. The smallest absolute Gasteiger partial charge is 0.236 e. The molecule has 1 amide bonds. The number of carbonyl (C=O) groups excluding carboxylic acids is 1. The first-order valence-electron chi connectivity index (χ1n) is 8.71. The quantitative estimate of drug-likeness (QED) is 0.788. The molecule has 2 heterocycles. The van der Waals surface area contributed by atoms with Crippen LogP contribution >= 0.6 is 11.8 Å². The number of benzene rings is 1. The van der Waals surface area contributed by atoms with E-state index in [-0.39, 0.29) is 11.2 Å². The average molecular weight is 359 g/mol. The Balaban J connectivity index is 1.59. The molecule has 1 atom stereocenters. The van der Waals surface area contributed by atoms with Crippen molar-refractivity contribution in [1.82, 2.24) is 14.5 Å². The molecule has 1 fully saturated rings. The van der Waals surface area contributed by atoms with Gasteiger partial charge in [-0.25, -0.2) is 4.98 Å². The van der Waals surface area contributed by atoms with Crippen LogP contribution in [-0.2, 0) is 11.8 Å².